The second-order valence-electron chi connectivity index (χ2n) is 8.73. The molecule has 1 aromatic rings. The van der Waals surface area contributed by atoms with E-state index in [0.29, 0.717) is 18.8 Å². The second-order valence-corrected chi connectivity index (χ2v) is 8.73. The molecule has 0 heterocycles. The molecule has 5 heteroatoms. The first-order valence-electron chi connectivity index (χ1n) is 9.64. The van der Waals surface area contributed by atoms with Crippen LogP contribution in [0.4, 0.5) is 0 Å². The third-order valence-electron chi connectivity index (χ3n) is 5.92. The summed E-state index contributed by atoms with van der Waals surface area (Å²) in [6.45, 7) is 8.64. The Kier molecular flexibility index (Phi) is 6.55. The van der Waals surface area contributed by atoms with Crippen molar-refractivity contribution in [3.05, 3.63) is 29.3 Å². The Bertz CT molecular complexity index is 682. The number of rotatable bonds is 5. The highest BCUT2D eigenvalue weighted by Gasteiger charge is 2.45. The highest BCUT2D eigenvalue weighted by molar-refractivity contribution is 5.89. The summed E-state index contributed by atoms with van der Waals surface area (Å²) in [5, 5.41) is 3.01. The van der Waals surface area contributed by atoms with Crippen molar-refractivity contribution in [2.45, 2.75) is 65.3 Å². The number of aryl methyl sites for hydroxylation is 1. The lowest BCUT2D eigenvalue weighted by Crippen LogP contribution is -2.57. The number of nitrogens with one attached hydrogen (secondary N) is 1. The summed E-state index contributed by atoms with van der Waals surface area (Å²) in [6.07, 6.45) is 3.28. The monoisotopic (exact) mass is 375 g/mol. The number of hydrogen-bond donors (Lipinski definition) is 1. The number of carbonyl (C=O) groups is 2. The van der Waals surface area contributed by atoms with E-state index in [1.807, 2.05) is 25.1 Å². The van der Waals surface area contributed by atoms with E-state index in [-0.39, 0.29) is 23.7 Å². The topological polar surface area (TPSA) is 64.6 Å². The Morgan fingerprint density at radius 3 is 2.30 bits per heavy atom. The summed E-state index contributed by atoms with van der Waals surface area (Å²) < 4.78 is 10.3. The molecule has 0 bridgehead atoms. The van der Waals surface area contributed by atoms with Crippen LogP contribution in [-0.2, 0) is 20.7 Å². The van der Waals surface area contributed by atoms with Crippen LogP contribution in [0.5, 0.6) is 5.75 Å². The van der Waals surface area contributed by atoms with Gasteiger partial charge >= 0.3 is 5.97 Å². The first-order chi connectivity index (χ1) is 12.6. The van der Waals surface area contributed by atoms with Gasteiger partial charge in [-0.2, -0.15) is 0 Å². The normalized spacial score (nSPS) is 22.8. The van der Waals surface area contributed by atoms with Gasteiger partial charge in [-0.3, -0.25) is 4.79 Å². The minimum atomic E-state index is -0.909. The molecule has 1 amide bonds. The Balaban J connectivity index is 2.10. The van der Waals surface area contributed by atoms with Crippen molar-refractivity contribution in [2.24, 2.45) is 11.3 Å². The van der Waals surface area contributed by atoms with Crippen LogP contribution in [0.25, 0.3) is 0 Å². The second kappa shape index (κ2) is 8.32. The summed E-state index contributed by atoms with van der Waals surface area (Å²) in [6, 6.07) is 5.66. The molecule has 0 aliphatic heterocycles. The van der Waals surface area contributed by atoms with E-state index in [2.05, 4.69) is 26.1 Å². The molecule has 1 aliphatic carbocycles. The number of ether oxygens (including phenoxy) is 2. The molecule has 27 heavy (non-hydrogen) atoms. The molecule has 1 aliphatic rings. The van der Waals surface area contributed by atoms with Gasteiger partial charge in [0.1, 0.15) is 11.3 Å². The van der Waals surface area contributed by atoms with Crippen LogP contribution in [0.15, 0.2) is 18.2 Å². The maximum atomic E-state index is 12.7. The van der Waals surface area contributed by atoms with E-state index in [1.165, 1.54) is 7.11 Å². The minimum Gasteiger partial charge on any atom is -0.497 e. The summed E-state index contributed by atoms with van der Waals surface area (Å²) >= 11 is 0. The molecule has 0 aromatic heterocycles. The van der Waals surface area contributed by atoms with Gasteiger partial charge in [0.25, 0.3) is 0 Å². The lowest BCUT2D eigenvalue weighted by Gasteiger charge is -2.42. The molecule has 1 aromatic carbocycles. The SMILES string of the molecule is COC(=O)C1(NC(=O)Cc2ccc(OC)cc2C)CCC(C(C)(C)C)CC1. The zero-order valence-electron chi connectivity index (χ0n) is 17.5. The number of esters is 1. The fourth-order valence-electron chi connectivity index (χ4n) is 4.03. The van der Waals surface area contributed by atoms with E-state index in [1.54, 1.807) is 7.11 Å². The molecule has 0 saturated heterocycles. The van der Waals surface area contributed by atoms with Crippen LogP contribution >= 0.6 is 0 Å². The van der Waals surface area contributed by atoms with Gasteiger partial charge < -0.3 is 14.8 Å². The molecule has 0 radical (unpaired) electrons. The number of methoxy groups -OCH3 is 2. The smallest absolute Gasteiger partial charge is 0.331 e. The van der Waals surface area contributed by atoms with Crippen LogP contribution in [0, 0.1) is 18.3 Å². The highest BCUT2D eigenvalue weighted by Crippen LogP contribution is 2.42. The maximum absolute atomic E-state index is 12.7. The fourth-order valence-corrected chi connectivity index (χ4v) is 4.03. The minimum absolute atomic E-state index is 0.150. The zero-order chi connectivity index (χ0) is 20.2. The molecule has 0 spiro atoms. The van der Waals surface area contributed by atoms with Crippen molar-refractivity contribution in [3.8, 4) is 5.75 Å². The van der Waals surface area contributed by atoms with E-state index in [4.69, 9.17) is 9.47 Å². The van der Waals surface area contributed by atoms with Gasteiger partial charge in [-0.1, -0.05) is 26.8 Å². The third-order valence-corrected chi connectivity index (χ3v) is 5.92. The molecule has 0 atom stereocenters. The van der Waals surface area contributed by atoms with Crippen molar-refractivity contribution >= 4 is 11.9 Å². The molecule has 150 valence electrons. The molecule has 1 N–H and O–H groups in total. The average molecular weight is 376 g/mol. The molecular weight excluding hydrogens is 342 g/mol. The van der Waals surface area contributed by atoms with E-state index < -0.39 is 5.54 Å². The van der Waals surface area contributed by atoms with Crippen molar-refractivity contribution < 1.29 is 19.1 Å². The maximum Gasteiger partial charge on any atom is 0.331 e. The zero-order valence-corrected chi connectivity index (χ0v) is 17.5. The quantitative estimate of drug-likeness (QED) is 0.795. The van der Waals surface area contributed by atoms with Gasteiger partial charge in [0.05, 0.1) is 20.6 Å². The van der Waals surface area contributed by atoms with Gasteiger partial charge in [-0.25, -0.2) is 4.79 Å². The molecule has 5 nitrogen and oxygen atoms in total. The van der Waals surface area contributed by atoms with Crippen molar-refractivity contribution in [1.29, 1.82) is 0 Å². The van der Waals surface area contributed by atoms with Gasteiger partial charge in [0.2, 0.25) is 5.91 Å². The molecule has 0 unspecified atom stereocenters. The summed E-state index contributed by atoms with van der Waals surface area (Å²) in [5.74, 6) is 0.816. The predicted octanol–water partition coefficient (Wildman–Crippen LogP) is 3.81. The number of benzene rings is 1. The summed E-state index contributed by atoms with van der Waals surface area (Å²) in [5.41, 5.74) is 1.21. The van der Waals surface area contributed by atoms with Crippen LogP contribution in [-0.4, -0.2) is 31.6 Å². The van der Waals surface area contributed by atoms with Crippen molar-refractivity contribution in [1.82, 2.24) is 5.32 Å². The van der Waals surface area contributed by atoms with Crippen LogP contribution in [0.1, 0.15) is 57.6 Å². The van der Waals surface area contributed by atoms with E-state index in [0.717, 1.165) is 29.7 Å². The Morgan fingerprint density at radius 2 is 1.81 bits per heavy atom. The van der Waals surface area contributed by atoms with Gasteiger partial charge in [0, 0.05) is 0 Å². The fraction of sp³-hybridized carbons (Fsp3) is 0.636. The molecule has 1 saturated carbocycles. The Hall–Kier alpha value is -2.04. The Labute approximate surface area is 162 Å². The predicted molar refractivity (Wildman–Crippen MR) is 106 cm³/mol. The lowest BCUT2D eigenvalue weighted by molar-refractivity contribution is -0.153. The van der Waals surface area contributed by atoms with E-state index in [9.17, 15) is 9.59 Å². The molecule has 1 fully saturated rings. The van der Waals surface area contributed by atoms with Crippen LogP contribution < -0.4 is 10.1 Å². The Morgan fingerprint density at radius 1 is 1.19 bits per heavy atom. The number of carbonyl (C=O) groups excluding carboxylic acids is 2. The molecular formula is C22H33NO4. The van der Waals surface area contributed by atoms with Crippen LogP contribution in [0.2, 0.25) is 0 Å². The summed E-state index contributed by atoms with van der Waals surface area (Å²) in [4.78, 5) is 25.3. The van der Waals surface area contributed by atoms with Gasteiger partial charge in [-0.05, 0) is 67.2 Å². The number of hydrogen-bond acceptors (Lipinski definition) is 4. The third kappa shape index (κ3) is 5.02. The van der Waals surface area contributed by atoms with Crippen molar-refractivity contribution in [3.63, 3.8) is 0 Å². The number of amides is 1. The first kappa shape index (κ1) is 21.3. The first-order valence-corrected chi connectivity index (χ1v) is 9.64. The highest BCUT2D eigenvalue weighted by atomic mass is 16.5. The molecule has 2 rings (SSSR count). The summed E-state index contributed by atoms with van der Waals surface area (Å²) in [7, 11) is 3.01. The largest absolute Gasteiger partial charge is 0.497 e. The van der Waals surface area contributed by atoms with Gasteiger partial charge in [0.15, 0.2) is 0 Å². The van der Waals surface area contributed by atoms with Gasteiger partial charge in [-0.15, -0.1) is 0 Å². The van der Waals surface area contributed by atoms with Crippen molar-refractivity contribution in [2.75, 3.05) is 14.2 Å². The van der Waals surface area contributed by atoms with E-state index >= 15 is 0 Å². The lowest BCUT2D eigenvalue weighted by atomic mass is 9.67. The standard InChI is InChI=1S/C22H33NO4/c1-15-13-18(26-5)8-7-16(15)14-19(24)23-22(20(25)27-6)11-9-17(10-12-22)21(2,3)4/h7-8,13,17H,9-12,14H2,1-6H3,(H,23,24). The average Bonchev–Trinajstić information content (AvgIpc) is 2.62. The van der Waals surface area contributed by atoms with Crippen LogP contribution in [0.3, 0.4) is 0 Å².